The summed E-state index contributed by atoms with van der Waals surface area (Å²) < 4.78 is 10.4. The fourth-order valence-electron chi connectivity index (χ4n) is 2.26. The highest BCUT2D eigenvalue weighted by atomic mass is 16.5. The van der Waals surface area contributed by atoms with Crippen molar-refractivity contribution in [2.75, 3.05) is 20.8 Å². The van der Waals surface area contributed by atoms with Crippen LogP contribution in [0.25, 0.3) is 0 Å². The second-order valence-corrected chi connectivity index (χ2v) is 5.55. The van der Waals surface area contributed by atoms with Gasteiger partial charge in [-0.15, -0.1) is 0 Å². The molecule has 8 nitrogen and oxygen atoms in total. The fraction of sp³-hybridized carbons (Fsp3) is 0.263. The minimum absolute atomic E-state index is 0.295. The van der Waals surface area contributed by atoms with E-state index in [0.29, 0.717) is 24.5 Å². The molecule has 2 amide bonds. The van der Waals surface area contributed by atoms with Crippen molar-refractivity contribution in [3.05, 3.63) is 53.9 Å². The minimum atomic E-state index is -0.487. The van der Waals surface area contributed by atoms with Gasteiger partial charge in [-0.2, -0.15) is 5.10 Å². The minimum Gasteiger partial charge on any atom is -0.493 e. The van der Waals surface area contributed by atoms with Crippen molar-refractivity contribution in [1.82, 2.24) is 15.7 Å². The van der Waals surface area contributed by atoms with Crippen LogP contribution in [0.5, 0.6) is 11.5 Å². The third-order valence-electron chi connectivity index (χ3n) is 3.59. The number of methoxy groups -OCH3 is 2. The van der Waals surface area contributed by atoms with Gasteiger partial charge in [0.15, 0.2) is 11.5 Å². The maximum Gasteiger partial charge on any atom is 0.249 e. The van der Waals surface area contributed by atoms with E-state index in [1.807, 2.05) is 18.2 Å². The summed E-state index contributed by atoms with van der Waals surface area (Å²) in [6.45, 7) is 0.403. The summed E-state index contributed by atoms with van der Waals surface area (Å²) in [5.41, 5.74) is 4.04. The Hall–Kier alpha value is -3.42. The van der Waals surface area contributed by atoms with Gasteiger partial charge in [0.2, 0.25) is 11.8 Å². The van der Waals surface area contributed by atoms with E-state index in [0.717, 1.165) is 11.1 Å². The number of amides is 2. The molecule has 8 heteroatoms. The number of pyridine rings is 1. The predicted molar refractivity (Wildman–Crippen MR) is 101 cm³/mol. The number of aromatic nitrogens is 1. The van der Waals surface area contributed by atoms with Crippen molar-refractivity contribution in [3.63, 3.8) is 0 Å². The van der Waals surface area contributed by atoms with Gasteiger partial charge in [0.1, 0.15) is 6.42 Å². The number of rotatable bonds is 9. The zero-order valence-corrected chi connectivity index (χ0v) is 15.3. The molecular weight excluding hydrogens is 348 g/mol. The number of hydrazone groups is 1. The zero-order valence-electron chi connectivity index (χ0n) is 15.3. The first-order chi connectivity index (χ1) is 13.1. The lowest BCUT2D eigenvalue weighted by Crippen LogP contribution is -2.31. The Bertz CT molecular complexity index is 794. The molecule has 0 aliphatic heterocycles. The van der Waals surface area contributed by atoms with Crippen LogP contribution >= 0.6 is 0 Å². The third kappa shape index (κ3) is 6.77. The van der Waals surface area contributed by atoms with Crippen molar-refractivity contribution in [2.45, 2.75) is 12.8 Å². The Balaban J connectivity index is 1.71. The highest BCUT2D eigenvalue weighted by Crippen LogP contribution is 2.27. The number of nitrogens with zero attached hydrogens (tertiary/aromatic N) is 2. The lowest BCUT2D eigenvalue weighted by Gasteiger charge is -2.10. The van der Waals surface area contributed by atoms with Crippen molar-refractivity contribution in [1.29, 1.82) is 0 Å². The van der Waals surface area contributed by atoms with Gasteiger partial charge < -0.3 is 14.8 Å². The number of carbonyl (C=O) groups is 2. The number of ether oxygens (including phenoxy) is 2. The molecule has 0 atom stereocenters. The lowest BCUT2D eigenvalue weighted by atomic mass is 10.1. The largest absolute Gasteiger partial charge is 0.493 e. The van der Waals surface area contributed by atoms with E-state index >= 15 is 0 Å². The molecule has 0 unspecified atom stereocenters. The van der Waals surface area contributed by atoms with Crippen molar-refractivity contribution >= 4 is 18.0 Å². The molecule has 0 bridgehead atoms. The normalized spacial score (nSPS) is 10.4. The average molecular weight is 370 g/mol. The molecule has 2 aromatic rings. The van der Waals surface area contributed by atoms with Crippen molar-refractivity contribution in [3.8, 4) is 11.5 Å². The average Bonchev–Trinajstić information content (AvgIpc) is 2.68. The molecule has 1 heterocycles. The Morgan fingerprint density at radius 3 is 2.67 bits per heavy atom. The third-order valence-corrected chi connectivity index (χ3v) is 3.59. The Morgan fingerprint density at radius 1 is 1.15 bits per heavy atom. The zero-order chi connectivity index (χ0) is 19.5. The second-order valence-electron chi connectivity index (χ2n) is 5.55. The summed E-state index contributed by atoms with van der Waals surface area (Å²) in [5.74, 6) is 0.421. The molecule has 1 aromatic carbocycles. The van der Waals surface area contributed by atoms with Crippen LogP contribution in [-0.2, 0) is 16.0 Å². The van der Waals surface area contributed by atoms with Crippen LogP contribution in [0.3, 0.4) is 0 Å². The Morgan fingerprint density at radius 2 is 1.96 bits per heavy atom. The summed E-state index contributed by atoms with van der Waals surface area (Å²) in [4.78, 5) is 27.4. The van der Waals surface area contributed by atoms with Crippen LogP contribution in [0.4, 0.5) is 0 Å². The van der Waals surface area contributed by atoms with Gasteiger partial charge in [-0.25, -0.2) is 5.43 Å². The van der Waals surface area contributed by atoms with E-state index < -0.39 is 5.91 Å². The van der Waals surface area contributed by atoms with E-state index in [-0.39, 0.29) is 12.3 Å². The molecule has 0 saturated carbocycles. The molecule has 2 N–H and O–H groups in total. The second kappa shape index (κ2) is 10.5. The maximum atomic E-state index is 11.8. The topological polar surface area (TPSA) is 102 Å². The maximum absolute atomic E-state index is 11.8. The first kappa shape index (κ1) is 19.9. The van der Waals surface area contributed by atoms with Gasteiger partial charge in [0, 0.05) is 24.5 Å². The molecule has 27 heavy (non-hydrogen) atoms. The first-order valence-corrected chi connectivity index (χ1v) is 8.32. The molecule has 142 valence electrons. The van der Waals surface area contributed by atoms with Gasteiger partial charge in [-0.1, -0.05) is 12.1 Å². The predicted octanol–water partition coefficient (Wildman–Crippen LogP) is 1.30. The van der Waals surface area contributed by atoms with Crippen LogP contribution in [-0.4, -0.2) is 43.8 Å². The van der Waals surface area contributed by atoms with E-state index in [2.05, 4.69) is 20.8 Å². The summed E-state index contributed by atoms with van der Waals surface area (Å²) in [6, 6.07) is 9.11. The number of benzene rings is 1. The van der Waals surface area contributed by atoms with E-state index in [4.69, 9.17) is 9.47 Å². The van der Waals surface area contributed by atoms with Crippen LogP contribution in [0.1, 0.15) is 17.5 Å². The Kier molecular flexibility index (Phi) is 7.77. The quantitative estimate of drug-likeness (QED) is 0.394. The molecule has 0 fully saturated rings. The van der Waals surface area contributed by atoms with Gasteiger partial charge in [-0.05, 0) is 30.2 Å². The van der Waals surface area contributed by atoms with Gasteiger partial charge >= 0.3 is 0 Å². The monoisotopic (exact) mass is 370 g/mol. The number of hydrogen-bond acceptors (Lipinski definition) is 6. The molecule has 0 spiro atoms. The van der Waals surface area contributed by atoms with Gasteiger partial charge in [-0.3, -0.25) is 14.6 Å². The molecule has 1 aromatic heterocycles. The highest BCUT2D eigenvalue weighted by Gasteiger charge is 2.09. The van der Waals surface area contributed by atoms with Crippen LogP contribution in [0, 0.1) is 0 Å². The van der Waals surface area contributed by atoms with Crippen LogP contribution in [0.15, 0.2) is 47.8 Å². The van der Waals surface area contributed by atoms with Gasteiger partial charge in [0.05, 0.1) is 20.4 Å². The summed E-state index contributed by atoms with van der Waals surface area (Å²) in [6.07, 6.45) is 5.02. The lowest BCUT2D eigenvalue weighted by molar-refractivity contribution is -0.129. The molecule has 0 radical (unpaired) electrons. The molecule has 0 saturated heterocycles. The number of carbonyl (C=O) groups excluding carboxylic acids is 2. The summed E-state index contributed by atoms with van der Waals surface area (Å²) in [7, 11) is 3.14. The smallest absolute Gasteiger partial charge is 0.249 e. The standard InChI is InChI=1S/C19H22N4O4/c1-26-16-6-5-14(10-17(16)27-2)7-9-21-18(24)11-19(25)23-22-13-15-4-3-8-20-12-15/h3-6,8,10,12-13H,7,9,11H2,1-2H3,(H,21,24)(H,23,25)/b22-13-. The van der Waals surface area contributed by atoms with E-state index in [1.54, 1.807) is 38.7 Å². The number of hydrogen-bond donors (Lipinski definition) is 2. The Labute approximate surface area is 157 Å². The first-order valence-electron chi connectivity index (χ1n) is 8.32. The molecule has 0 aliphatic carbocycles. The van der Waals surface area contributed by atoms with Crippen molar-refractivity contribution in [2.24, 2.45) is 5.10 Å². The summed E-state index contributed by atoms with van der Waals surface area (Å²) in [5, 5.41) is 6.49. The SMILES string of the molecule is COc1ccc(CCNC(=O)CC(=O)N/N=C\c2cccnc2)cc1OC. The molecular formula is C19H22N4O4. The fourth-order valence-corrected chi connectivity index (χ4v) is 2.26. The molecule has 2 rings (SSSR count). The molecule has 0 aliphatic rings. The van der Waals surface area contributed by atoms with E-state index in [1.165, 1.54) is 6.21 Å². The summed E-state index contributed by atoms with van der Waals surface area (Å²) >= 11 is 0. The van der Waals surface area contributed by atoms with Crippen LogP contribution < -0.4 is 20.2 Å². The highest BCUT2D eigenvalue weighted by molar-refractivity contribution is 5.97. The van der Waals surface area contributed by atoms with Gasteiger partial charge in [0.25, 0.3) is 0 Å². The van der Waals surface area contributed by atoms with E-state index in [9.17, 15) is 9.59 Å². The van der Waals surface area contributed by atoms with Crippen LogP contribution in [0.2, 0.25) is 0 Å². The number of nitrogens with one attached hydrogen (secondary N) is 2. The van der Waals surface area contributed by atoms with Crippen molar-refractivity contribution < 1.29 is 19.1 Å².